The van der Waals surface area contributed by atoms with Crippen molar-refractivity contribution in [1.29, 1.82) is 0 Å². The summed E-state index contributed by atoms with van der Waals surface area (Å²) in [6, 6.07) is 91.4. The van der Waals surface area contributed by atoms with Gasteiger partial charge in [0.05, 0.1) is 22.1 Å². The quantitative estimate of drug-likeness (QED) is 0.161. The molecule has 0 amide bonds. The lowest BCUT2D eigenvalue weighted by Gasteiger charge is -2.36. The van der Waals surface area contributed by atoms with E-state index >= 15 is 0 Å². The zero-order chi connectivity index (χ0) is 47.0. The molecule has 2 aromatic heterocycles. The van der Waals surface area contributed by atoms with E-state index in [0.29, 0.717) is 0 Å². The van der Waals surface area contributed by atoms with Crippen LogP contribution >= 0.6 is 11.3 Å². The zero-order valence-electron chi connectivity index (χ0n) is 39.4. The number of rotatable bonds is 6. The van der Waals surface area contributed by atoms with Gasteiger partial charge in [0.2, 0.25) is 0 Å². The summed E-state index contributed by atoms with van der Waals surface area (Å²) < 4.78 is 5.10. The highest BCUT2D eigenvalue weighted by Crippen LogP contribution is 2.60. The van der Waals surface area contributed by atoms with Crippen molar-refractivity contribution in [1.82, 2.24) is 4.57 Å². The van der Waals surface area contributed by atoms with Crippen LogP contribution in [0.5, 0.6) is 0 Å². The number of hydrogen-bond acceptors (Lipinski definition) is 2. The Bertz CT molecular complexity index is 4280. The number of thiophene rings is 1. The number of para-hydroxylation sites is 2. The van der Waals surface area contributed by atoms with Gasteiger partial charge in [0.1, 0.15) is 0 Å². The molecule has 13 aromatic rings. The van der Waals surface area contributed by atoms with Gasteiger partial charge in [0.25, 0.3) is 0 Å². The van der Waals surface area contributed by atoms with Gasteiger partial charge in [-0.25, -0.2) is 0 Å². The molecule has 2 aliphatic rings. The first kappa shape index (κ1) is 40.4. The van der Waals surface area contributed by atoms with Gasteiger partial charge < -0.3 is 9.47 Å². The summed E-state index contributed by atoms with van der Waals surface area (Å²) in [6.07, 6.45) is 0. The molecule has 11 aromatic carbocycles. The molecule has 0 saturated heterocycles. The predicted molar refractivity (Wildman–Crippen MR) is 301 cm³/mol. The highest BCUT2D eigenvalue weighted by atomic mass is 32.1. The lowest BCUT2D eigenvalue weighted by atomic mass is 9.66. The summed E-state index contributed by atoms with van der Waals surface area (Å²) in [5.74, 6) is 0. The minimum Gasteiger partial charge on any atom is -0.310 e. The van der Waals surface area contributed by atoms with Gasteiger partial charge in [-0.2, -0.15) is 0 Å². The lowest BCUT2D eigenvalue weighted by molar-refractivity contribution is 0.660. The van der Waals surface area contributed by atoms with E-state index in [0.717, 1.165) is 28.3 Å². The van der Waals surface area contributed by atoms with E-state index in [1.165, 1.54) is 103 Å². The van der Waals surface area contributed by atoms with Crippen LogP contribution in [0.15, 0.2) is 243 Å². The summed E-state index contributed by atoms with van der Waals surface area (Å²) in [5.41, 5.74) is 19.0. The van der Waals surface area contributed by atoms with Crippen LogP contribution in [-0.4, -0.2) is 4.57 Å². The maximum absolute atomic E-state index is 2.60. The largest absolute Gasteiger partial charge is 0.310 e. The van der Waals surface area contributed by atoms with Gasteiger partial charge in [-0.3, -0.25) is 0 Å². The Balaban J connectivity index is 1.13. The number of nitrogens with zero attached hydrogens (tertiary/aromatic N) is 2. The van der Waals surface area contributed by atoms with Gasteiger partial charge >= 0.3 is 0 Å². The predicted octanol–water partition coefficient (Wildman–Crippen LogP) is 18.4. The second-order valence-electron chi connectivity index (χ2n) is 19.9. The molecule has 0 atom stereocenters. The van der Waals surface area contributed by atoms with Gasteiger partial charge in [-0.05, 0) is 121 Å². The maximum Gasteiger partial charge on any atom is 0.0721 e. The normalized spacial score (nSPS) is 14.0. The molecule has 0 saturated carbocycles. The molecule has 0 N–H and O–H groups in total. The van der Waals surface area contributed by atoms with Crippen LogP contribution in [0.2, 0.25) is 0 Å². The first-order chi connectivity index (χ1) is 35.0. The molecule has 2 aliphatic carbocycles. The molecule has 0 aliphatic heterocycles. The highest BCUT2D eigenvalue weighted by molar-refractivity contribution is 7.26. The number of aromatic nitrogens is 1. The van der Waals surface area contributed by atoms with Crippen molar-refractivity contribution in [2.75, 3.05) is 4.90 Å². The van der Waals surface area contributed by atoms with Gasteiger partial charge in [-0.1, -0.05) is 202 Å². The Hall–Kier alpha value is -8.50. The second kappa shape index (κ2) is 15.0. The summed E-state index contributed by atoms with van der Waals surface area (Å²) in [7, 11) is 0. The van der Waals surface area contributed by atoms with E-state index in [9.17, 15) is 0 Å². The molecule has 3 heteroatoms. The van der Waals surface area contributed by atoms with E-state index in [2.05, 4.69) is 266 Å². The average molecular weight is 923 g/mol. The molecule has 334 valence electrons. The Morgan fingerprint density at radius 2 is 1.00 bits per heavy atom. The highest BCUT2D eigenvalue weighted by Gasteiger charge is 2.48. The Morgan fingerprint density at radius 1 is 0.394 bits per heavy atom. The SMILES string of the molecule is CC1(C)c2ccccc2-c2ccc(N(c3cc(C4(c5ccccc5)c5ccccc5-c5ccccc54)c4c5ccccc5n(-c5ccccc5)c4c3)c3cccc4sc5c6ccccc6ccc5c34)cc21. The third kappa shape index (κ3) is 5.53. The number of anilines is 3. The molecular formula is C68H46N2S. The van der Waals surface area contributed by atoms with Gasteiger partial charge in [0, 0.05) is 53.4 Å². The molecule has 0 unspecified atom stereocenters. The fourth-order valence-corrected chi connectivity index (χ4v) is 14.3. The Morgan fingerprint density at radius 3 is 1.76 bits per heavy atom. The molecule has 0 radical (unpaired) electrons. The van der Waals surface area contributed by atoms with Crippen LogP contribution in [0.25, 0.3) is 80.7 Å². The van der Waals surface area contributed by atoms with Crippen molar-refractivity contribution in [3.05, 3.63) is 276 Å². The fourth-order valence-electron chi connectivity index (χ4n) is 13.0. The van der Waals surface area contributed by atoms with Crippen molar-refractivity contribution in [3.63, 3.8) is 0 Å². The van der Waals surface area contributed by atoms with Crippen molar-refractivity contribution in [2.24, 2.45) is 0 Å². The lowest BCUT2D eigenvalue weighted by Crippen LogP contribution is -2.29. The van der Waals surface area contributed by atoms with Gasteiger partial charge in [-0.15, -0.1) is 11.3 Å². The Kier molecular flexibility index (Phi) is 8.53. The van der Waals surface area contributed by atoms with E-state index in [-0.39, 0.29) is 5.41 Å². The zero-order valence-corrected chi connectivity index (χ0v) is 40.2. The number of hydrogen-bond donors (Lipinski definition) is 0. The van der Waals surface area contributed by atoms with Crippen molar-refractivity contribution in [2.45, 2.75) is 24.7 Å². The van der Waals surface area contributed by atoms with E-state index in [1.54, 1.807) is 0 Å². The fraction of sp³-hybridized carbons (Fsp3) is 0.0588. The average Bonchev–Trinajstić information content (AvgIpc) is 4.14. The standard InChI is InChI=1S/C68H46N2S/c1-67(2)55-30-15-11-26-49(55)52-39-37-46(40-58(52)67)69(61-34-19-35-63-65(61)54-38-36-43-20-9-10-25-48(43)66(54)71-63)47-41-59(64-53-29-14-18-33-60(53)70(62(64)42-47)45-23-7-4-8-24-45)68(44-21-5-3-6-22-44)56-31-16-12-27-50(56)51-28-13-17-32-57(51)68/h3-42H,1-2H3. The summed E-state index contributed by atoms with van der Waals surface area (Å²) >= 11 is 1.90. The van der Waals surface area contributed by atoms with E-state index < -0.39 is 5.41 Å². The van der Waals surface area contributed by atoms with Crippen LogP contribution < -0.4 is 4.90 Å². The third-order valence-electron chi connectivity index (χ3n) is 16.0. The topological polar surface area (TPSA) is 8.17 Å². The van der Waals surface area contributed by atoms with Crippen LogP contribution in [0.3, 0.4) is 0 Å². The molecule has 2 heterocycles. The van der Waals surface area contributed by atoms with Crippen molar-refractivity contribution in [3.8, 4) is 27.9 Å². The van der Waals surface area contributed by atoms with E-state index in [4.69, 9.17) is 0 Å². The molecule has 2 nitrogen and oxygen atoms in total. The number of fused-ring (bicyclic) bond motifs is 14. The van der Waals surface area contributed by atoms with Crippen molar-refractivity contribution >= 4 is 81.1 Å². The molecule has 15 rings (SSSR count). The second-order valence-corrected chi connectivity index (χ2v) is 21.0. The van der Waals surface area contributed by atoms with E-state index in [1.807, 2.05) is 11.3 Å². The molecule has 0 spiro atoms. The van der Waals surface area contributed by atoms with Crippen LogP contribution in [0, 0.1) is 0 Å². The summed E-state index contributed by atoms with van der Waals surface area (Å²) in [5, 5.41) is 7.57. The van der Waals surface area contributed by atoms with Crippen LogP contribution in [0.4, 0.5) is 17.1 Å². The molecule has 0 fully saturated rings. The first-order valence-electron chi connectivity index (χ1n) is 24.8. The van der Waals surface area contributed by atoms with Crippen LogP contribution in [-0.2, 0) is 10.8 Å². The summed E-state index contributed by atoms with van der Waals surface area (Å²) in [6.45, 7) is 4.79. The Labute approximate surface area is 417 Å². The van der Waals surface area contributed by atoms with Crippen LogP contribution in [0.1, 0.15) is 47.2 Å². The van der Waals surface area contributed by atoms with Crippen molar-refractivity contribution < 1.29 is 0 Å². The first-order valence-corrected chi connectivity index (χ1v) is 25.6. The minimum atomic E-state index is -0.679. The van der Waals surface area contributed by atoms with Gasteiger partial charge in [0.15, 0.2) is 0 Å². The smallest absolute Gasteiger partial charge is 0.0721 e. The number of benzene rings is 11. The molecule has 0 bridgehead atoms. The maximum atomic E-state index is 2.60. The molecular weight excluding hydrogens is 877 g/mol. The monoisotopic (exact) mass is 922 g/mol. The minimum absolute atomic E-state index is 0.197. The molecule has 71 heavy (non-hydrogen) atoms. The third-order valence-corrected chi connectivity index (χ3v) is 17.2. The summed E-state index contributed by atoms with van der Waals surface area (Å²) in [4.78, 5) is 2.60.